The fourth-order valence-corrected chi connectivity index (χ4v) is 3.44. The fraction of sp³-hybridized carbons (Fsp3) is 0.0417. The van der Waals surface area contributed by atoms with Crippen LogP contribution in [0.2, 0.25) is 0 Å². The Morgan fingerprint density at radius 3 is 2.36 bits per heavy atom. The number of hydrogen-bond acceptors (Lipinski definition) is 5. The van der Waals surface area contributed by atoms with Gasteiger partial charge in [0, 0.05) is 16.9 Å². The average Bonchev–Trinajstić information content (AvgIpc) is 3.03. The highest BCUT2D eigenvalue weighted by Gasteiger charge is 2.40. The first kappa shape index (κ1) is 22.0. The predicted octanol–water partition coefficient (Wildman–Crippen LogP) is 4.52. The summed E-state index contributed by atoms with van der Waals surface area (Å²) in [5.41, 5.74) is 0.812. The van der Waals surface area contributed by atoms with Gasteiger partial charge in [-0.1, -0.05) is 29.8 Å². The topological polar surface area (TPSA) is 87.7 Å². The number of nitrogens with one attached hydrogen (secondary N) is 2. The van der Waals surface area contributed by atoms with Crippen molar-refractivity contribution in [1.82, 2.24) is 0 Å². The molecule has 0 aliphatic carbocycles. The van der Waals surface area contributed by atoms with E-state index in [0.717, 1.165) is 6.07 Å². The lowest BCUT2D eigenvalue weighted by molar-refractivity contribution is -0.120. The zero-order valence-electron chi connectivity index (χ0n) is 17.3. The highest BCUT2D eigenvalue weighted by molar-refractivity contribution is 6.53. The zero-order valence-corrected chi connectivity index (χ0v) is 18.0. The van der Waals surface area contributed by atoms with Crippen LogP contribution in [0.15, 0.2) is 83.5 Å². The molecule has 166 valence electrons. The van der Waals surface area contributed by atoms with E-state index in [0.29, 0.717) is 27.6 Å². The van der Waals surface area contributed by atoms with E-state index in [2.05, 4.69) is 10.6 Å². The molecule has 0 fully saturated rings. The molecular formula is C24H17ClFN3O4. The number of hydrogen-bond donors (Lipinski definition) is 2. The Bertz CT molecular complexity index is 1290. The third-order valence-electron chi connectivity index (χ3n) is 4.86. The van der Waals surface area contributed by atoms with Crippen molar-refractivity contribution in [1.29, 1.82) is 0 Å². The van der Waals surface area contributed by atoms with E-state index in [1.807, 2.05) is 0 Å². The lowest BCUT2D eigenvalue weighted by atomic mass is 10.1. The van der Waals surface area contributed by atoms with Gasteiger partial charge in [-0.2, -0.15) is 0 Å². The van der Waals surface area contributed by atoms with Gasteiger partial charge in [-0.25, -0.2) is 9.29 Å². The van der Waals surface area contributed by atoms with Crippen molar-refractivity contribution >= 4 is 46.4 Å². The van der Waals surface area contributed by atoms with Crippen molar-refractivity contribution in [3.05, 3.63) is 94.9 Å². The summed E-state index contributed by atoms with van der Waals surface area (Å²) in [5, 5.41) is 5.16. The van der Waals surface area contributed by atoms with Gasteiger partial charge in [0.15, 0.2) is 0 Å². The van der Waals surface area contributed by atoms with E-state index < -0.39 is 17.6 Å². The monoisotopic (exact) mass is 465 g/mol. The molecule has 9 heteroatoms. The van der Waals surface area contributed by atoms with Crippen LogP contribution in [0.5, 0.6) is 5.75 Å². The number of nitrogens with zero attached hydrogens (tertiary/aromatic N) is 1. The minimum atomic E-state index is -0.845. The smallest absolute Gasteiger partial charge is 0.283 e. The lowest BCUT2D eigenvalue weighted by Gasteiger charge is -2.15. The number of rotatable bonds is 6. The van der Waals surface area contributed by atoms with Crippen molar-refractivity contribution in [2.75, 3.05) is 22.6 Å². The molecule has 0 atom stereocenters. The highest BCUT2D eigenvalue weighted by Crippen LogP contribution is 2.31. The molecule has 2 N–H and O–H groups in total. The zero-order chi connectivity index (χ0) is 23.5. The molecule has 0 saturated heterocycles. The Morgan fingerprint density at radius 2 is 1.67 bits per heavy atom. The summed E-state index contributed by atoms with van der Waals surface area (Å²) in [6.45, 7) is 0. The number of imide groups is 1. The van der Waals surface area contributed by atoms with Crippen molar-refractivity contribution in [2.24, 2.45) is 0 Å². The second-order valence-corrected chi connectivity index (χ2v) is 7.35. The average molecular weight is 466 g/mol. The number of benzene rings is 3. The summed E-state index contributed by atoms with van der Waals surface area (Å²) in [4.78, 5) is 38.7. The van der Waals surface area contributed by atoms with Crippen molar-refractivity contribution in [3.8, 4) is 5.75 Å². The summed E-state index contributed by atoms with van der Waals surface area (Å²) in [7, 11) is 1.55. The van der Waals surface area contributed by atoms with Gasteiger partial charge >= 0.3 is 0 Å². The summed E-state index contributed by atoms with van der Waals surface area (Å²) in [5.74, 6) is -2.11. The molecule has 1 aliphatic rings. The van der Waals surface area contributed by atoms with E-state index in [1.54, 1.807) is 49.6 Å². The predicted molar refractivity (Wildman–Crippen MR) is 123 cm³/mol. The van der Waals surface area contributed by atoms with Gasteiger partial charge in [0.05, 0.1) is 12.8 Å². The Hall–Kier alpha value is -4.17. The normalized spacial score (nSPS) is 13.4. The molecule has 0 radical (unpaired) electrons. The molecule has 0 bridgehead atoms. The minimum Gasteiger partial charge on any atom is -0.497 e. The Balaban J connectivity index is 1.53. The summed E-state index contributed by atoms with van der Waals surface area (Å²) in [6, 6.07) is 18.5. The molecule has 3 amide bonds. The van der Waals surface area contributed by atoms with Crippen molar-refractivity contribution in [2.45, 2.75) is 0 Å². The standard InChI is InChI=1S/C24H17ClFN3O4/c1-33-17-11-9-15(10-12-17)28-22(30)14-5-4-6-16(13-14)27-21-20(25)23(31)29(24(21)32)19-8-3-2-7-18(19)26/h2-13,27H,1H3,(H,28,30). The number of anilines is 3. The first-order valence-corrected chi connectivity index (χ1v) is 10.1. The van der Waals surface area contributed by atoms with Crippen LogP contribution in [0, 0.1) is 5.82 Å². The largest absolute Gasteiger partial charge is 0.497 e. The molecule has 1 aliphatic heterocycles. The van der Waals surface area contributed by atoms with E-state index in [1.165, 1.54) is 24.3 Å². The molecule has 0 spiro atoms. The quantitative estimate of drug-likeness (QED) is 0.522. The summed E-state index contributed by atoms with van der Waals surface area (Å²) < 4.78 is 19.2. The van der Waals surface area contributed by atoms with E-state index >= 15 is 0 Å². The third kappa shape index (κ3) is 4.42. The number of carbonyl (C=O) groups excluding carboxylic acids is 3. The van der Waals surface area contributed by atoms with Crippen molar-refractivity contribution in [3.63, 3.8) is 0 Å². The molecule has 3 aromatic rings. The third-order valence-corrected chi connectivity index (χ3v) is 5.21. The molecule has 0 saturated carbocycles. The SMILES string of the molecule is COc1ccc(NC(=O)c2cccc(NC3=C(Cl)C(=O)N(c4ccccc4F)C3=O)c2)cc1. The maximum Gasteiger partial charge on any atom is 0.283 e. The van der Waals surface area contributed by atoms with Crippen LogP contribution in [0.3, 0.4) is 0 Å². The number of methoxy groups -OCH3 is 1. The van der Waals surface area contributed by atoms with E-state index in [9.17, 15) is 18.8 Å². The van der Waals surface area contributed by atoms with Gasteiger partial charge < -0.3 is 15.4 Å². The van der Waals surface area contributed by atoms with Gasteiger partial charge in [-0.15, -0.1) is 0 Å². The molecule has 0 unspecified atom stereocenters. The Labute approximate surface area is 193 Å². The molecule has 33 heavy (non-hydrogen) atoms. The molecule has 3 aromatic carbocycles. The molecule has 7 nitrogen and oxygen atoms in total. The van der Waals surface area contributed by atoms with Crippen molar-refractivity contribution < 1.29 is 23.5 Å². The maximum absolute atomic E-state index is 14.2. The van der Waals surface area contributed by atoms with Crippen LogP contribution in [0.1, 0.15) is 10.4 Å². The molecule has 1 heterocycles. The van der Waals surface area contributed by atoms with Crippen LogP contribution < -0.4 is 20.3 Å². The highest BCUT2D eigenvalue weighted by atomic mass is 35.5. The van der Waals surface area contributed by atoms with Gasteiger partial charge in [-0.05, 0) is 54.6 Å². The van der Waals surface area contributed by atoms with Gasteiger partial charge in [0.1, 0.15) is 22.3 Å². The molecule has 0 aromatic heterocycles. The first-order valence-electron chi connectivity index (χ1n) is 9.74. The molecule has 4 rings (SSSR count). The summed E-state index contributed by atoms with van der Waals surface area (Å²) >= 11 is 6.10. The van der Waals surface area contributed by atoms with E-state index in [4.69, 9.17) is 16.3 Å². The lowest BCUT2D eigenvalue weighted by Crippen LogP contribution is -2.33. The Morgan fingerprint density at radius 1 is 0.939 bits per heavy atom. The maximum atomic E-state index is 14.2. The number of para-hydroxylation sites is 1. The molecular weight excluding hydrogens is 449 g/mol. The van der Waals surface area contributed by atoms with E-state index in [-0.39, 0.29) is 22.3 Å². The summed E-state index contributed by atoms with van der Waals surface area (Å²) in [6.07, 6.45) is 0. The number of amides is 3. The fourth-order valence-electron chi connectivity index (χ4n) is 3.22. The minimum absolute atomic E-state index is 0.199. The second kappa shape index (κ2) is 9.13. The van der Waals surface area contributed by atoms with Crippen LogP contribution in [0.4, 0.5) is 21.5 Å². The van der Waals surface area contributed by atoms with Crippen LogP contribution >= 0.6 is 11.6 Å². The van der Waals surface area contributed by atoms with Crippen LogP contribution in [-0.4, -0.2) is 24.8 Å². The number of halogens is 2. The first-order chi connectivity index (χ1) is 15.9. The number of carbonyl (C=O) groups is 3. The number of ether oxygens (including phenoxy) is 1. The Kier molecular flexibility index (Phi) is 6.10. The van der Waals surface area contributed by atoms with Crippen LogP contribution in [0.25, 0.3) is 0 Å². The second-order valence-electron chi connectivity index (χ2n) is 6.97. The van der Waals surface area contributed by atoms with Crippen LogP contribution in [-0.2, 0) is 9.59 Å². The van der Waals surface area contributed by atoms with Gasteiger partial charge in [0.25, 0.3) is 17.7 Å². The van der Waals surface area contributed by atoms with Gasteiger partial charge in [-0.3, -0.25) is 14.4 Å². The van der Waals surface area contributed by atoms with Gasteiger partial charge in [0.2, 0.25) is 0 Å².